The van der Waals surface area contributed by atoms with Crippen LogP contribution in [-0.2, 0) is 0 Å². The highest BCUT2D eigenvalue weighted by molar-refractivity contribution is 5.16. The number of rotatable bonds is 1. The standard InChI is InChI=1S/C6H9FN2/c1-4(7)6-3-8-9-5(6)2/h3-4H,1-2H3,(H,8,9). The molecule has 0 aromatic carbocycles. The van der Waals surface area contributed by atoms with Crippen LogP contribution in [0.5, 0.6) is 0 Å². The van der Waals surface area contributed by atoms with Crippen LogP contribution in [0.1, 0.15) is 24.4 Å². The Kier molecular flexibility index (Phi) is 1.51. The molecule has 0 aliphatic heterocycles. The second kappa shape index (κ2) is 2.17. The van der Waals surface area contributed by atoms with E-state index < -0.39 is 6.17 Å². The predicted octanol–water partition coefficient (Wildman–Crippen LogP) is 1.75. The van der Waals surface area contributed by atoms with E-state index in [-0.39, 0.29) is 0 Å². The van der Waals surface area contributed by atoms with Crippen LogP contribution in [0.4, 0.5) is 4.39 Å². The Morgan fingerprint density at radius 1 is 1.78 bits per heavy atom. The largest absolute Gasteiger partial charge is 0.282 e. The number of nitrogens with zero attached hydrogens (tertiary/aromatic N) is 1. The molecule has 0 saturated heterocycles. The normalized spacial score (nSPS) is 13.7. The van der Waals surface area contributed by atoms with Crippen molar-refractivity contribution in [2.24, 2.45) is 0 Å². The van der Waals surface area contributed by atoms with Crippen molar-refractivity contribution in [3.63, 3.8) is 0 Å². The third-order valence-electron chi connectivity index (χ3n) is 1.30. The van der Waals surface area contributed by atoms with Crippen molar-refractivity contribution in [1.29, 1.82) is 0 Å². The predicted molar refractivity (Wildman–Crippen MR) is 32.8 cm³/mol. The fourth-order valence-corrected chi connectivity index (χ4v) is 0.761. The molecule has 2 nitrogen and oxygen atoms in total. The average molecular weight is 128 g/mol. The van der Waals surface area contributed by atoms with Gasteiger partial charge in [0.15, 0.2) is 0 Å². The molecule has 1 aromatic heterocycles. The molecule has 1 aromatic rings. The van der Waals surface area contributed by atoms with Crippen LogP contribution in [0, 0.1) is 6.92 Å². The van der Waals surface area contributed by atoms with Crippen molar-refractivity contribution in [2.45, 2.75) is 20.0 Å². The summed E-state index contributed by atoms with van der Waals surface area (Å²) in [7, 11) is 0. The molecule has 0 aliphatic carbocycles. The third-order valence-corrected chi connectivity index (χ3v) is 1.30. The lowest BCUT2D eigenvalue weighted by Crippen LogP contribution is -1.84. The van der Waals surface area contributed by atoms with E-state index in [0.717, 1.165) is 5.69 Å². The summed E-state index contributed by atoms with van der Waals surface area (Å²) in [5.74, 6) is 0. The fourth-order valence-electron chi connectivity index (χ4n) is 0.761. The minimum absolute atomic E-state index is 0.648. The van der Waals surface area contributed by atoms with Crippen molar-refractivity contribution in [2.75, 3.05) is 0 Å². The van der Waals surface area contributed by atoms with Gasteiger partial charge < -0.3 is 0 Å². The van der Waals surface area contributed by atoms with Crippen LogP contribution in [0.25, 0.3) is 0 Å². The Labute approximate surface area is 53.1 Å². The van der Waals surface area contributed by atoms with E-state index in [1.165, 1.54) is 13.1 Å². The Morgan fingerprint density at radius 3 is 2.67 bits per heavy atom. The van der Waals surface area contributed by atoms with Gasteiger partial charge in [-0.3, -0.25) is 5.10 Å². The Hall–Kier alpha value is -0.860. The van der Waals surface area contributed by atoms with Crippen LogP contribution in [0.3, 0.4) is 0 Å². The number of alkyl halides is 1. The molecule has 1 rings (SSSR count). The second-order valence-electron chi connectivity index (χ2n) is 2.07. The van der Waals surface area contributed by atoms with Gasteiger partial charge in [-0.05, 0) is 13.8 Å². The fraction of sp³-hybridized carbons (Fsp3) is 0.500. The first-order valence-corrected chi connectivity index (χ1v) is 2.85. The summed E-state index contributed by atoms with van der Waals surface area (Å²) in [6, 6.07) is 0. The van der Waals surface area contributed by atoms with E-state index in [1.54, 1.807) is 6.92 Å². The van der Waals surface area contributed by atoms with Crippen molar-refractivity contribution in [3.05, 3.63) is 17.5 Å². The minimum Gasteiger partial charge on any atom is -0.282 e. The number of aryl methyl sites for hydroxylation is 1. The molecule has 1 N–H and O–H groups in total. The SMILES string of the molecule is Cc1[nH]ncc1C(C)F. The summed E-state index contributed by atoms with van der Waals surface area (Å²) in [5, 5.41) is 6.34. The molecule has 3 heteroatoms. The lowest BCUT2D eigenvalue weighted by Gasteiger charge is -1.95. The van der Waals surface area contributed by atoms with Gasteiger partial charge in [0.2, 0.25) is 0 Å². The van der Waals surface area contributed by atoms with E-state index in [1.807, 2.05) is 0 Å². The van der Waals surface area contributed by atoms with Crippen LogP contribution >= 0.6 is 0 Å². The topological polar surface area (TPSA) is 28.7 Å². The molecule has 0 spiro atoms. The highest BCUT2D eigenvalue weighted by Gasteiger charge is 2.06. The summed E-state index contributed by atoms with van der Waals surface area (Å²) < 4.78 is 12.5. The molecule has 0 saturated carbocycles. The van der Waals surface area contributed by atoms with Gasteiger partial charge in [0, 0.05) is 11.3 Å². The minimum atomic E-state index is -0.913. The van der Waals surface area contributed by atoms with Gasteiger partial charge in [-0.2, -0.15) is 5.10 Å². The average Bonchev–Trinajstić information content (AvgIpc) is 2.13. The quantitative estimate of drug-likeness (QED) is 0.613. The molecular formula is C6H9FN2. The van der Waals surface area contributed by atoms with Crippen LogP contribution in [0.15, 0.2) is 6.20 Å². The van der Waals surface area contributed by atoms with Crippen LogP contribution in [0.2, 0.25) is 0 Å². The van der Waals surface area contributed by atoms with E-state index in [4.69, 9.17) is 0 Å². The molecule has 1 heterocycles. The Balaban J connectivity index is 2.94. The smallest absolute Gasteiger partial charge is 0.126 e. The van der Waals surface area contributed by atoms with E-state index >= 15 is 0 Å². The Morgan fingerprint density at radius 2 is 2.44 bits per heavy atom. The lowest BCUT2D eigenvalue weighted by molar-refractivity contribution is 0.373. The maximum Gasteiger partial charge on any atom is 0.126 e. The van der Waals surface area contributed by atoms with Crippen molar-refractivity contribution in [1.82, 2.24) is 10.2 Å². The second-order valence-corrected chi connectivity index (χ2v) is 2.07. The van der Waals surface area contributed by atoms with Crippen molar-refractivity contribution in [3.8, 4) is 0 Å². The summed E-state index contributed by atoms with van der Waals surface area (Å²) >= 11 is 0. The van der Waals surface area contributed by atoms with Gasteiger partial charge in [-0.1, -0.05) is 0 Å². The number of nitrogens with one attached hydrogen (secondary N) is 1. The Bertz CT molecular complexity index is 193. The van der Waals surface area contributed by atoms with E-state index in [2.05, 4.69) is 10.2 Å². The molecule has 1 unspecified atom stereocenters. The highest BCUT2D eigenvalue weighted by atomic mass is 19.1. The van der Waals surface area contributed by atoms with Crippen LogP contribution < -0.4 is 0 Å². The monoisotopic (exact) mass is 128 g/mol. The van der Waals surface area contributed by atoms with E-state index in [9.17, 15) is 4.39 Å². The summed E-state index contributed by atoms with van der Waals surface area (Å²) in [6.07, 6.45) is 0.601. The molecule has 0 amide bonds. The zero-order valence-corrected chi connectivity index (χ0v) is 5.48. The van der Waals surface area contributed by atoms with Gasteiger partial charge in [0.25, 0.3) is 0 Å². The molecule has 9 heavy (non-hydrogen) atoms. The first-order chi connectivity index (χ1) is 4.22. The number of aromatic amines is 1. The molecule has 50 valence electrons. The maximum absolute atomic E-state index is 12.5. The van der Waals surface area contributed by atoms with Crippen molar-refractivity contribution < 1.29 is 4.39 Å². The first-order valence-electron chi connectivity index (χ1n) is 2.85. The zero-order chi connectivity index (χ0) is 6.85. The summed E-state index contributed by atoms with van der Waals surface area (Å²) in [4.78, 5) is 0. The van der Waals surface area contributed by atoms with E-state index in [0.29, 0.717) is 5.56 Å². The van der Waals surface area contributed by atoms with Crippen molar-refractivity contribution >= 4 is 0 Å². The van der Waals surface area contributed by atoms with Gasteiger partial charge in [0.1, 0.15) is 6.17 Å². The molecule has 0 bridgehead atoms. The first kappa shape index (κ1) is 6.26. The van der Waals surface area contributed by atoms with Gasteiger partial charge >= 0.3 is 0 Å². The number of hydrogen-bond acceptors (Lipinski definition) is 1. The lowest BCUT2D eigenvalue weighted by atomic mass is 10.2. The number of halogens is 1. The number of aromatic nitrogens is 2. The van der Waals surface area contributed by atoms with Crippen LogP contribution in [-0.4, -0.2) is 10.2 Å². The maximum atomic E-state index is 12.5. The molecule has 0 fully saturated rings. The zero-order valence-electron chi connectivity index (χ0n) is 5.48. The summed E-state index contributed by atoms with van der Waals surface area (Å²) in [6.45, 7) is 3.30. The summed E-state index contributed by atoms with van der Waals surface area (Å²) in [5.41, 5.74) is 1.46. The third kappa shape index (κ3) is 1.09. The molecule has 0 aliphatic rings. The molecule has 0 radical (unpaired) electrons. The number of H-pyrrole nitrogens is 1. The molecular weight excluding hydrogens is 119 g/mol. The number of hydrogen-bond donors (Lipinski definition) is 1. The molecule has 1 atom stereocenters. The van der Waals surface area contributed by atoms with Gasteiger partial charge in [-0.25, -0.2) is 4.39 Å². The van der Waals surface area contributed by atoms with Gasteiger partial charge in [-0.15, -0.1) is 0 Å². The highest BCUT2D eigenvalue weighted by Crippen LogP contribution is 2.17. The van der Waals surface area contributed by atoms with Gasteiger partial charge in [0.05, 0.1) is 6.20 Å².